The normalized spacial score (nSPS) is 11.0. The van der Waals surface area contributed by atoms with Crippen LogP contribution in [0.3, 0.4) is 0 Å². The number of aromatic carboxylic acids is 1. The molecular formula is C12H19NO4. The van der Waals surface area contributed by atoms with E-state index in [2.05, 4.69) is 19.2 Å². The zero-order chi connectivity index (χ0) is 12.7. The lowest BCUT2D eigenvalue weighted by molar-refractivity contribution is 0.0694. The number of hydrogen-bond acceptors (Lipinski definition) is 4. The summed E-state index contributed by atoms with van der Waals surface area (Å²) in [5.41, 5.74) is 0.209. The van der Waals surface area contributed by atoms with Crippen LogP contribution in [0.2, 0.25) is 0 Å². The fourth-order valence-corrected chi connectivity index (χ4v) is 1.33. The summed E-state index contributed by atoms with van der Waals surface area (Å²) in [7, 11) is 0. The van der Waals surface area contributed by atoms with Crippen LogP contribution in [0.1, 0.15) is 30.0 Å². The molecule has 0 radical (unpaired) electrons. The highest BCUT2D eigenvalue weighted by molar-refractivity contribution is 5.88. The number of ether oxygens (including phenoxy) is 1. The molecule has 0 saturated carbocycles. The van der Waals surface area contributed by atoms with Gasteiger partial charge in [-0.3, -0.25) is 0 Å². The zero-order valence-electron chi connectivity index (χ0n) is 10.2. The Hall–Kier alpha value is -1.33. The van der Waals surface area contributed by atoms with E-state index in [0.717, 1.165) is 6.61 Å². The van der Waals surface area contributed by atoms with Crippen molar-refractivity contribution in [2.75, 3.05) is 19.8 Å². The fourth-order valence-electron chi connectivity index (χ4n) is 1.33. The van der Waals surface area contributed by atoms with Crippen LogP contribution in [0.15, 0.2) is 16.7 Å². The summed E-state index contributed by atoms with van der Waals surface area (Å²) in [6.45, 7) is 6.61. The van der Waals surface area contributed by atoms with E-state index in [-0.39, 0.29) is 5.56 Å². The van der Waals surface area contributed by atoms with Crippen LogP contribution in [-0.2, 0) is 11.3 Å². The first-order valence-corrected chi connectivity index (χ1v) is 5.69. The van der Waals surface area contributed by atoms with E-state index in [9.17, 15) is 4.79 Å². The Morgan fingerprint density at radius 3 is 3.00 bits per heavy atom. The molecule has 0 aliphatic heterocycles. The average molecular weight is 241 g/mol. The molecule has 1 aromatic rings. The number of hydrogen-bond donors (Lipinski definition) is 2. The lowest BCUT2D eigenvalue weighted by Gasteiger charge is -2.07. The first-order chi connectivity index (χ1) is 8.11. The molecule has 0 atom stereocenters. The highest BCUT2D eigenvalue weighted by Gasteiger charge is 2.12. The van der Waals surface area contributed by atoms with Crippen LogP contribution < -0.4 is 5.32 Å². The van der Waals surface area contributed by atoms with Crippen LogP contribution >= 0.6 is 0 Å². The minimum Gasteiger partial charge on any atom is -0.478 e. The number of carboxylic acid groups (broad SMARTS) is 1. The lowest BCUT2D eigenvalue weighted by atomic mass is 10.2. The van der Waals surface area contributed by atoms with Gasteiger partial charge in [0, 0.05) is 13.2 Å². The van der Waals surface area contributed by atoms with Gasteiger partial charge in [-0.05, 0) is 12.0 Å². The Labute approximate surface area is 101 Å². The van der Waals surface area contributed by atoms with Gasteiger partial charge in [0.05, 0.1) is 19.4 Å². The number of nitrogens with one attached hydrogen (secondary N) is 1. The van der Waals surface area contributed by atoms with Crippen molar-refractivity contribution < 1.29 is 19.1 Å². The van der Waals surface area contributed by atoms with Crippen molar-refractivity contribution in [1.82, 2.24) is 5.32 Å². The third-order valence-electron chi connectivity index (χ3n) is 2.14. The summed E-state index contributed by atoms with van der Waals surface area (Å²) in [6, 6.07) is 1.45. The molecule has 0 unspecified atom stereocenters. The quantitative estimate of drug-likeness (QED) is 0.678. The van der Waals surface area contributed by atoms with Gasteiger partial charge in [-0.15, -0.1) is 0 Å². The molecule has 5 heteroatoms. The van der Waals surface area contributed by atoms with Crippen molar-refractivity contribution in [2.45, 2.75) is 20.4 Å². The van der Waals surface area contributed by atoms with E-state index < -0.39 is 5.97 Å². The maximum Gasteiger partial charge on any atom is 0.339 e. The molecule has 0 amide bonds. The van der Waals surface area contributed by atoms with Gasteiger partial charge >= 0.3 is 5.97 Å². The molecule has 0 saturated heterocycles. The highest BCUT2D eigenvalue weighted by atomic mass is 16.5. The molecule has 0 bridgehead atoms. The van der Waals surface area contributed by atoms with Gasteiger partial charge in [0.15, 0.2) is 0 Å². The van der Waals surface area contributed by atoms with Crippen LogP contribution in [0, 0.1) is 5.92 Å². The van der Waals surface area contributed by atoms with Gasteiger partial charge in [-0.25, -0.2) is 4.79 Å². The van der Waals surface area contributed by atoms with Gasteiger partial charge in [-0.1, -0.05) is 13.8 Å². The van der Waals surface area contributed by atoms with Gasteiger partial charge in [0.2, 0.25) is 0 Å². The monoisotopic (exact) mass is 241 g/mol. The summed E-state index contributed by atoms with van der Waals surface area (Å²) < 4.78 is 10.5. The zero-order valence-corrected chi connectivity index (χ0v) is 10.2. The number of carboxylic acids is 1. The van der Waals surface area contributed by atoms with Crippen molar-refractivity contribution in [1.29, 1.82) is 0 Å². The molecule has 5 nitrogen and oxygen atoms in total. The molecule has 1 heterocycles. The fraction of sp³-hybridized carbons (Fsp3) is 0.583. The van der Waals surface area contributed by atoms with E-state index in [0.29, 0.717) is 31.4 Å². The average Bonchev–Trinajstić information content (AvgIpc) is 2.71. The Morgan fingerprint density at radius 2 is 2.35 bits per heavy atom. The Bertz CT molecular complexity index is 346. The van der Waals surface area contributed by atoms with E-state index in [1.54, 1.807) is 0 Å². The SMILES string of the molecule is CC(C)COCCNCc1occc1C(=O)O. The number of furan rings is 1. The molecule has 0 aromatic carbocycles. The van der Waals surface area contributed by atoms with Crippen molar-refractivity contribution in [3.63, 3.8) is 0 Å². The molecule has 0 fully saturated rings. The maximum atomic E-state index is 10.8. The van der Waals surface area contributed by atoms with Gasteiger partial charge < -0.3 is 19.6 Å². The Balaban J connectivity index is 2.18. The second-order valence-electron chi connectivity index (χ2n) is 4.21. The standard InChI is InChI=1S/C12H19NO4/c1-9(2)8-16-6-4-13-7-11-10(12(14)15)3-5-17-11/h3,5,9,13H,4,6-8H2,1-2H3,(H,14,15). The molecule has 0 aliphatic carbocycles. The predicted molar refractivity (Wildman–Crippen MR) is 63.0 cm³/mol. The summed E-state index contributed by atoms with van der Waals surface area (Å²) in [5.74, 6) is 0.00616. The first-order valence-electron chi connectivity index (χ1n) is 5.69. The predicted octanol–water partition coefficient (Wildman–Crippen LogP) is 1.74. The third-order valence-corrected chi connectivity index (χ3v) is 2.14. The van der Waals surface area contributed by atoms with Gasteiger partial charge in [-0.2, -0.15) is 0 Å². The van der Waals surface area contributed by atoms with E-state index in [4.69, 9.17) is 14.3 Å². The van der Waals surface area contributed by atoms with Crippen molar-refractivity contribution >= 4 is 5.97 Å². The van der Waals surface area contributed by atoms with E-state index >= 15 is 0 Å². The molecule has 2 N–H and O–H groups in total. The largest absolute Gasteiger partial charge is 0.478 e. The topological polar surface area (TPSA) is 71.7 Å². The summed E-state index contributed by atoms with van der Waals surface area (Å²) in [4.78, 5) is 10.8. The van der Waals surface area contributed by atoms with Crippen LogP contribution in [0.25, 0.3) is 0 Å². The number of carbonyl (C=O) groups is 1. The van der Waals surface area contributed by atoms with E-state index in [1.807, 2.05) is 0 Å². The lowest BCUT2D eigenvalue weighted by Crippen LogP contribution is -2.21. The summed E-state index contributed by atoms with van der Waals surface area (Å²) in [6.07, 6.45) is 1.38. The Kier molecular flexibility index (Phi) is 5.72. The highest BCUT2D eigenvalue weighted by Crippen LogP contribution is 2.09. The molecule has 1 aromatic heterocycles. The minimum absolute atomic E-state index is 0.209. The van der Waals surface area contributed by atoms with Gasteiger partial charge in [0.25, 0.3) is 0 Å². The van der Waals surface area contributed by atoms with Gasteiger partial charge in [0.1, 0.15) is 11.3 Å². The second kappa shape index (κ2) is 7.09. The number of rotatable bonds is 8. The van der Waals surface area contributed by atoms with Crippen LogP contribution in [-0.4, -0.2) is 30.8 Å². The first kappa shape index (κ1) is 13.7. The van der Waals surface area contributed by atoms with Crippen molar-refractivity contribution in [2.24, 2.45) is 5.92 Å². The molecule has 96 valence electrons. The Morgan fingerprint density at radius 1 is 1.59 bits per heavy atom. The maximum absolute atomic E-state index is 10.8. The minimum atomic E-state index is -0.966. The smallest absolute Gasteiger partial charge is 0.339 e. The molecule has 17 heavy (non-hydrogen) atoms. The molecule has 1 rings (SSSR count). The summed E-state index contributed by atoms with van der Waals surface area (Å²) >= 11 is 0. The third kappa shape index (κ3) is 5.01. The van der Waals surface area contributed by atoms with Crippen LogP contribution in [0.4, 0.5) is 0 Å². The second-order valence-corrected chi connectivity index (χ2v) is 4.21. The summed E-state index contributed by atoms with van der Waals surface area (Å²) in [5, 5.41) is 11.9. The molecule has 0 spiro atoms. The molecular weight excluding hydrogens is 222 g/mol. The van der Waals surface area contributed by atoms with Crippen LogP contribution in [0.5, 0.6) is 0 Å². The van der Waals surface area contributed by atoms with E-state index in [1.165, 1.54) is 12.3 Å². The molecule has 0 aliphatic rings. The van der Waals surface area contributed by atoms with Crippen molar-refractivity contribution in [3.05, 3.63) is 23.7 Å². The van der Waals surface area contributed by atoms with Crippen molar-refractivity contribution in [3.8, 4) is 0 Å².